The van der Waals surface area contributed by atoms with Gasteiger partial charge in [-0.3, -0.25) is 14.4 Å². The molecule has 29 heavy (non-hydrogen) atoms. The largest absolute Gasteiger partial charge is 0.495 e. The Kier molecular flexibility index (Phi) is 7.64. The Bertz CT molecular complexity index is 933. The van der Waals surface area contributed by atoms with Gasteiger partial charge in [-0.2, -0.15) is 0 Å². The summed E-state index contributed by atoms with van der Waals surface area (Å²) in [6.07, 6.45) is 0. The van der Waals surface area contributed by atoms with Crippen molar-refractivity contribution >= 4 is 51.1 Å². The second kappa shape index (κ2) is 9.76. The summed E-state index contributed by atoms with van der Waals surface area (Å²) >= 11 is 9.45. The fourth-order valence-electron chi connectivity index (χ4n) is 2.82. The number of methoxy groups -OCH3 is 3. The van der Waals surface area contributed by atoms with Crippen molar-refractivity contribution in [3.05, 3.63) is 57.0 Å². The first kappa shape index (κ1) is 22.7. The maximum atomic E-state index is 13.4. The van der Waals surface area contributed by atoms with Crippen LogP contribution in [0.3, 0.4) is 0 Å². The van der Waals surface area contributed by atoms with E-state index in [4.69, 9.17) is 25.8 Å². The number of halogens is 2. The van der Waals surface area contributed by atoms with Crippen LogP contribution in [-0.2, 0) is 19.1 Å². The molecule has 2 rings (SSSR count). The normalized spacial score (nSPS) is 10.4. The van der Waals surface area contributed by atoms with Gasteiger partial charge < -0.3 is 19.1 Å². The standard InChI is InChI=1S/C20H19BrClNO6/c1-23(14-7-5-6-8-15(14)27-2)18(24)16-12(9-11(22)10-13(16)21)17(19(25)28-3)20(26)29-4/h5-10,17H,1-4H3. The van der Waals surface area contributed by atoms with Gasteiger partial charge in [0.1, 0.15) is 5.75 Å². The number of ether oxygens (including phenoxy) is 3. The van der Waals surface area contributed by atoms with Gasteiger partial charge in [0, 0.05) is 16.5 Å². The van der Waals surface area contributed by atoms with E-state index in [0.29, 0.717) is 15.9 Å². The smallest absolute Gasteiger partial charge is 0.324 e. The van der Waals surface area contributed by atoms with E-state index >= 15 is 0 Å². The second-order valence-electron chi connectivity index (χ2n) is 5.87. The Morgan fingerprint density at radius 3 is 2.17 bits per heavy atom. The van der Waals surface area contributed by atoms with Gasteiger partial charge in [-0.25, -0.2) is 0 Å². The molecule has 0 saturated carbocycles. The topological polar surface area (TPSA) is 82.1 Å². The van der Waals surface area contributed by atoms with Crippen LogP contribution in [-0.4, -0.2) is 46.2 Å². The van der Waals surface area contributed by atoms with Crippen molar-refractivity contribution in [2.24, 2.45) is 0 Å². The van der Waals surface area contributed by atoms with Crippen LogP contribution in [0.15, 0.2) is 40.9 Å². The lowest BCUT2D eigenvalue weighted by Crippen LogP contribution is -2.31. The highest BCUT2D eigenvalue weighted by Crippen LogP contribution is 2.35. The average Bonchev–Trinajstić information content (AvgIpc) is 2.72. The zero-order chi connectivity index (χ0) is 21.7. The van der Waals surface area contributed by atoms with E-state index in [0.717, 1.165) is 14.2 Å². The van der Waals surface area contributed by atoms with E-state index in [1.807, 2.05) is 0 Å². The SMILES string of the molecule is COC(=O)C(C(=O)OC)c1cc(Cl)cc(Br)c1C(=O)N(C)c1ccccc1OC. The number of hydrogen-bond acceptors (Lipinski definition) is 6. The first-order valence-electron chi connectivity index (χ1n) is 8.32. The van der Waals surface area contributed by atoms with Gasteiger partial charge >= 0.3 is 11.9 Å². The Morgan fingerprint density at radius 2 is 1.62 bits per heavy atom. The zero-order valence-electron chi connectivity index (χ0n) is 16.2. The number of hydrogen-bond donors (Lipinski definition) is 0. The minimum atomic E-state index is -1.48. The molecule has 154 valence electrons. The molecule has 0 aliphatic heterocycles. The molecule has 0 atom stereocenters. The number of carbonyl (C=O) groups excluding carboxylic acids is 3. The summed E-state index contributed by atoms with van der Waals surface area (Å²) in [5.41, 5.74) is 0.638. The predicted molar refractivity (Wildman–Crippen MR) is 112 cm³/mol. The molecule has 0 radical (unpaired) electrons. The first-order valence-corrected chi connectivity index (χ1v) is 9.49. The Balaban J connectivity index is 2.67. The third-order valence-electron chi connectivity index (χ3n) is 4.24. The van der Waals surface area contributed by atoms with E-state index in [1.165, 1.54) is 24.1 Å². The second-order valence-corrected chi connectivity index (χ2v) is 7.16. The highest BCUT2D eigenvalue weighted by Gasteiger charge is 2.36. The lowest BCUT2D eigenvalue weighted by Gasteiger charge is -2.24. The quantitative estimate of drug-likeness (QED) is 0.458. The highest BCUT2D eigenvalue weighted by molar-refractivity contribution is 9.10. The lowest BCUT2D eigenvalue weighted by atomic mass is 9.93. The number of anilines is 1. The molecule has 0 N–H and O–H groups in total. The van der Waals surface area contributed by atoms with E-state index in [2.05, 4.69) is 15.9 Å². The average molecular weight is 485 g/mol. The molecule has 7 nitrogen and oxygen atoms in total. The summed E-state index contributed by atoms with van der Waals surface area (Å²) in [7, 11) is 5.32. The summed E-state index contributed by atoms with van der Waals surface area (Å²) in [4.78, 5) is 39.4. The maximum absolute atomic E-state index is 13.4. The van der Waals surface area contributed by atoms with Crippen LogP contribution in [0.25, 0.3) is 0 Å². The van der Waals surface area contributed by atoms with Crippen LogP contribution in [0.2, 0.25) is 5.02 Å². The molecular formula is C20H19BrClNO6. The van der Waals surface area contributed by atoms with Gasteiger partial charge in [-0.1, -0.05) is 23.7 Å². The molecule has 0 aliphatic rings. The number of esters is 2. The van der Waals surface area contributed by atoms with E-state index in [1.54, 1.807) is 31.3 Å². The van der Waals surface area contributed by atoms with Gasteiger partial charge in [0.2, 0.25) is 0 Å². The van der Waals surface area contributed by atoms with E-state index < -0.39 is 23.8 Å². The molecule has 0 aromatic heterocycles. The highest BCUT2D eigenvalue weighted by atomic mass is 79.9. The molecule has 0 spiro atoms. The molecule has 2 aromatic rings. The van der Waals surface area contributed by atoms with Crippen molar-refractivity contribution in [3.63, 3.8) is 0 Å². The maximum Gasteiger partial charge on any atom is 0.324 e. The lowest BCUT2D eigenvalue weighted by molar-refractivity contribution is -0.154. The number of amides is 1. The monoisotopic (exact) mass is 483 g/mol. The number of carbonyl (C=O) groups is 3. The molecule has 0 heterocycles. The number of benzene rings is 2. The molecule has 0 fully saturated rings. The van der Waals surface area contributed by atoms with Gasteiger partial charge in [-0.05, 0) is 45.8 Å². The van der Waals surface area contributed by atoms with Crippen molar-refractivity contribution in [1.82, 2.24) is 0 Å². The summed E-state index contributed by atoms with van der Waals surface area (Å²) < 4.78 is 15.1. The summed E-state index contributed by atoms with van der Waals surface area (Å²) in [5, 5.41) is 0.223. The fraction of sp³-hybridized carbons (Fsp3) is 0.250. The molecular weight excluding hydrogens is 466 g/mol. The zero-order valence-corrected chi connectivity index (χ0v) is 18.5. The van der Waals surface area contributed by atoms with Crippen LogP contribution in [0.5, 0.6) is 5.75 Å². The third-order valence-corrected chi connectivity index (χ3v) is 5.08. The van der Waals surface area contributed by atoms with Crippen molar-refractivity contribution in [3.8, 4) is 5.75 Å². The van der Waals surface area contributed by atoms with Crippen LogP contribution in [0.1, 0.15) is 21.8 Å². The Hall–Kier alpha value is -2.58. The van der Waals surface area contributed by atoms with Crippen molar-refractivity contribution in [1.29, 1.82) is 0 Å². The first-order chi connectivity index (χ1) is 13.8. The van der Waals surface area contributed by atoms with Crippen LogP contribution in [0.4, 0.5) is 5.69 Å². The Labute approximate surface area is 181 Å². The molecule has 0 bridgehead atoms. The third kappa shape index (κ3) is 4.71. The fourth-order valence-corrected chi connectivity index (χ4v) is 3.82. The van der Waals surface area contributed by atoms with E-state index in [9.17, 15) is 14.4 Å². The van der Waals surface area contributed by atoms with Crippen molar-refractivity contribution in [2.45, 2.75) is 5.92 Å². The molecule has 1 amide bonds. The molecule has 0 saturated heterocycles. The van der Waals surface area contributed by atoms with Crippen LogP contribution < -0.4 is 9.64 Å². The van der Waals surface area contributed by atoms with Crippen LogP contribution in [0, 0.1) is 0 Å². The van der Waals surface area contributed by atoms with Gasteiger partial charge in [-0.15, -0.1) is 0 Å². The summed E-state index contributed by atoms with van der Waals surface area (Å²) in [6, 6.07) is 9.81. The van der Waals surface area contributed by atoms with Gasteiger partial charge in [0.05, 0.1) is 32.6 Å². The Morgan fingerprint density at radius 1 is 1.03 bits per heavy atom. The summed E-state index contributed by atoms with van der Waals surface area (Å²) in [6.45, 7) is 0. The molecule has 0 unspecified atom stereocenters. The number of para-hydroxylation sites is 2. The number of rotatable bonds is 6. The minimum absolute atomic E-state index is 0.0647. The van der Waals surface area contributed by atoms with Crippen molar-refractivity contribution in [2.75, 3.05) is 33.3 Å². The number of nitrogens with zero attached hydrogens (tertiary/aromatic N) is 1. The van der Waals surface area contributed by atoms with Crippen LogP contribution >= 0.6 is 27.5 Å². The molecule has 0 aliphatic carbocycles. The minimum Gasteiger partial charge on any atom is -0.495 e. The molecule has 2 aromatic carbocycles. The van der Waals surface area contributed by atoms with Crippen molar-refractivity contribution < 1.29 is 28.6 Å². The summed E-state index contributed by atoms with van der Waals surface area (Å²) in [5.74, 6) is -3.25. The van der Waals surface area contributed by atoms with E-state index in [-0.39, 0.29) is 16.1 Å². The van der Waals surface area contributed by atoms with Gasteiger partial charge in [0.25, 0.3) is 5.91 Å². The predicted octanol–water partition coefficient (Wildman–Crippen LogP) is 3.82. The van der Waals surface area contributed by atoms with Gasteiger partial charge in [0.15, 0.2) is 5.92 Å². The molecule has 9 heteroatoms.